The minimum Gasteiger partial charge on any atom is -0.376 e. The van der Waals surface area contributed by atoms with Gasteiger partial charge < -0.3 is 19.1 Å². The van der Waals surface area contributed by atoms with Crippen molar-refractivity contribution in [2.45, 2.75) is 58.7 Å². The van der Waals surface area contributed by atoms with Crippen molar-refractivity contribution in [2.24, 2.45) is 0 Å². The van der Waals surface area contributed by atoms with E-state index in [0.717, 1.165) is 42.3 Å². The molecule has 10 nitrogen and oxygen atoms in total. The Morgan fingerprint density at radius 1 is 1.32 bits per heavy atom. The molecule has 34 heavy (non-hydrogen) atoms. The van der Waals surface area contributed by atoms with Crippen molar-refractivity contribution in [2.75, 3.05) is 13.2 Å². The van der Waals surface area contributed by atoms with E-state index in [2.05, 4.69) is 20.4 Å². The molecular weight excluding hydrogens is 436 g/mol. The van der Waals surface area contributed by atoms with E-state index in [1.165, 1.54) is 10.9 Å². The number of amides is 1. The molecule has 0 aliphatic carbocycles. The molecule has 3 aromatic heterocycles. The first kappa shape index (κ1) is 22.3. The lowest BCUT2D eigenvalue weighted by molar-refractivity contribution is -0.122. The van der Waals surface area contributed by atoms with Crippen LogP contribution in [-0.2, 0) is 29.0 Å². The molecule has 10 heteroatoms. The number of benzene rings is 1. The van der Waals surface area contributed by atoms with Gasteiger partial charge in [0.1, 0.15) is 24.1 Å². The number of hydrogen-bond donors (Lipinski definition) is 1. The first-order chi connectivity index (χ1) is 16.5. The first-order valence-corrected chi connectivity index (χ1v) is 11.7. The van der Waals surface area contributed by atoms with Crippen LogP contribution in [0.15, 0.2) is 33.8 Å². The average molecular weight is 465 g/mol. The van der Waals surface area contributed by atoms with Crippen molar-refractivity contribution >= 4 is 27.8 Å². The molecule has 1 aliphatic heterocycles. The van der Waals surface area contributed by atoms with Gasteiger partial charge in [0.25, 0.3) is 5.56 Å². The quantitative estimate of drug-likeness (QED) is 0.425. The molecule has 1 N–H and O–H groups in total. The van der Waals surface area contributed by atoms with Crippen molar-refractivity contribution in [3.8, 4) is 0 Å². The maximum Gasteiger partial charge on any atom is 0.278 e. The molecule has 4 heterocycles. The molecule has 1 aromatic carbocycles. The van der Waals surface area contributed by atoms with Crippen molar-refractivity contribution in [3.05, 3.63) is 52.2 Å². The molecule has 1 amide bonds. The summed E-state index contributed by atoms with van der Waals surface area (Å²) in [5.74, 6) is 0.789. The van der Waals surface area contributed by atoms with Gasteiger partial charge in [-0.05, 0) is 38.3 Å². The second kappa shape index (κ2) is 9.38. The largest absolute Gasteiger partial charge is 0.376 e. The van der Waals surface area contributed by atoms with E-state index >= 15 is 0 Å². The van der Waals surface area contributed by atoms with E-state index in [-0.39, 0.29) is 30.7 Å². The number of carbonyl (C=O) groups excluding carboxylic acids is 1. The SMILES string of the molecule is CCCc1noc(Cn2cnc3c4cc(C)ccc4n(CC(=O)NC[C@H]4CCCO4)c3c2=O)n1. The lowest BCUT2D eigenvalue weighted by Gasteiger charge is -2.12. The zero-order valence-electron chi connectivity index (χ0n) is 19.4. The molecule has 0 radical (unpaired) electrons. The Kier molecular flexibility index (Phi) is 6.14. The molecule has 4 aromatic rings. The Labute approximate surface area is 195 Å². The number of hydrogen-bond acceptors (Lipinski definition) is 7. The highest BCUT2D eigenvalue weighted by atomic mass is 16.5. The number of nitrogens with zero attached hydrogens (tertiary/aromatic N) is 5. The van der Waals surface area contributed by atoms with E-state index < -0.39 is 0 Å². The second-order valence-electron chi connectivity index (χ2n) is 8.78. The molecule has 1 atom stereocenters. The summed E-state index contributed by atoms with van der Waals surface area (Å²) in [6.07, 6.45) is 5.12. The molecule has 5 rings (SSSR count). The predicted molar refractivity (Wildman–Crippen MR) is 126 cm³/mol. The Morgan fingerprint density at radius 3 is 3.00 bits per heavy atom. The summed E-state index contributed by atoms with van der Waals surface area (Å²) in [7, 11) is 0. The fourth-order valence-corrected chi connectivity index (χ4v) is 4.45. The van der Waals surface area contributed by atoms with Crippen LogP contribution in [0.5, 0.6) is 0 Å². The van der Waals surface area contributed by atoms with Crippen LogP contribution in [0.4, 0.5) is 0 Å². The fraction of sp³-hybridized carbons (Fsp3) is 0.458. The zero-order chi connectivity index (χ0) is 23.7. The first-order valence-electron chi connectivity index (χ1n) is 11.7. The van der Waals surface area contributed by atoms with Crippen LogP contribution >= 0.6 is 0 Å². The topological polar surface area (TPSA) is 117 Å². The third-order valence-electron chi connectivity index (χ3n) is 6.12. The molecule has 0 bridgehead atoms. The Hall–Kier alpha value is -3.53. The van der Waals surface area contributed by atoms with Gasteiger partial charge in [-0.25, -0.2) is 4.98 Å². The minimum atomic E-state index is -0.263. The summed E-state index contributed by atoms with van der Waals surface area (Å²) >= 11 is 0. The van der Waals surface area contributed by atoms with Crippen LogP contribution in [0.25, 0.3) is 21.9 Å². The van der Waals surface area contributed by atoms with Gasteiger partial charge in [-0.15, -0.1) is 0 Å². The predicted octanol–water partition coefficient (Wildman–Crippen LogP) is 2.34. The van der Waals surface area contributed by atoms with Crippen LogP contribution in [0.2, 0.25) is 0 Å². The highest BCUT2D eigenvalue weighted by Crippen LogP contribution is 2.26. The summed E-state index contributed by atoms with van der Waals surface area (Å²) in [4.78, 5) is 35.3. The van der Waals surface area contributed by atoms with Crippen LogP contribution in [0.3, 0.4) is 0 Å². The maximum absolute atomic E-state index is 13.5. The molecule has 1 saturated heterocycles. The molecular formula is C24H28N6O4. The van der Waals surface area contributed by atoms with Gasteiger partial charge in [-0.3, -0.25) is 14.2 Å². The van der Waals surface area contributed by atoms with Gasteiger partial charge >= 0.3 is 0 Å². The van der Waals surface area contributed by atoms with Crippen LogP contribution in [0.1, 0.15) is 43.5 Å². The molecule has 0 unspecified atom stereocenters. The van der Waals surface area contributed by atoms with Gasteiger partial charge in [0.2, 0.25) is 11.8 Å². The van der Waals surface area contributed by atoms with Crippen LogP contribution in [0, 0.1) is 6.92 Å². The highest BCUT2D eigenvalue weighted by molar-refractivity contribution is 6.06. The van der Waals surface area contributed by atoms with E-state index in [4.69, 9.17) is 9.26 Å². The van der Waals surface area contributed by atoms with Gasteiger partial charge in [-0.1, -0.05) is 23.7 Å². The normalized spacial score (nSPS) is 16.0. The van der Waals surface area contributed by atoms with Gasteiger partial charge in [0.05, 0.1) is 17.9 Å². The number of aryl methyl sites for hydroxylation is 2. The fourth-order valence-electron chi connectivity index (χ4n) is 4.45. The third kappa shape index (κ3) is 4.33. The Bertz CT molecular complexity index is 1400. The van der Waals surface area contributed by atoms with Crippen molar-refractivity contribution in [1.82, 2.24) is 29.6 Å². The molecule has 0 saturated carbocycles. The minimum absolute atomic E-state index is 0.0118. The number of ether oxygens (including phenoxy) is 1. The lowest BCUT2D eigenvalue weighted by Crippen LogP contribution is -2.34. The summed E-state index contributed by atoms with van der Waals surface area (Å²) < 4.78 is 14.1. The van der Waals surface area contributed by atoms with Crippen molar-refractivity contribution in [3.63, 3.8) is 0 Å². The maximum atomic E-state index is 13.5. The second-order valence-corrected chi connectivity index (χ2v) is 8.78. The smallest absolute Gasteiger partial charge is 0.278 e. The van der Waals surface area contributed by atoms with E-state index in [1.54, 1.807) is 4.57 Å². The standard InChI is InChI=1S/C24H28N6O4/c1-3-5-19-27-21(34-28-19)13-29-14-26-22-17-10-15(2)7-8-18(17)30(23(22)24(29)32)12-20(31)25-11-16-6-4-9-33-16/h7-8,10,14,16H,3-6,9,11-13H2,1-2H3,(H,25,31)/t16-/m1/s1. The summed E-state index contributed by atoms with van der Waals surface area (Å²) in [6.45, 7) is 5.35. The van der Waals surface area contributed by atoms with Crippen LogP contribution < -0.4 is 10.9 Å². The number of carbonyl (C=O) groups is 1. The van der Waals surface area contributed by atoms with Gasteiger partial charge in [0.15, 0.2) is 5.82 Å². The molecule has 0 spiro atoms. The molecule has 1 aliphatic rings. The van der Waals surface area contributed by atoms with E-state index in [0.29, 0.717) is 35.7 Å². The van der Waals surface area contributed by atoms with Crippen LogP contribution in [-0.4, -0.2) is 49.4 Å². The number of nitrogens with one attached hydrogen (secondary N) is 1. The summed E-state index contributed by atoms with van der Waals surface area (Å²) in [6, 6.07) is 5.89. The summed E-state index contributed by atoms with van der Waals surface area (Å²) in [5, 5.41) is 7.75. The Balaban J connectivity index is 1.51. The lowest BCUT2D eigenvalue weighted by atomic mass is 10.1. The number of fused-ring (bicyclic) bond motifs is 3. The number of aromatic nitrogens is 5. The van der Waals surface area contributed by atoms with Crippen molar-refractivity contribution in [1.29, 1.82) is 0 Å². The average Bonchev–Trinajstić information content (AvgIpc) is 3.55. The molecule has 178 valence electrons. The summed E-state index contributed by atoms with van der Waals surface area (Å²) in [5.41, 5.74) is 2.53. The van der Waals surface area contributed by atoms with E-state index in [9.17, 15) is 9.59 Å². The molecule has 1 fully saturated rings. The van der Waals surface area contributed by atoms with Crippen molar-refractivity contribution < 1.29 is 14.1 Å². The Morgan fingerprint density at radius 2 is 2.21 bits per heavy atom. The van der Waals surface area contributed by atoms with Gasteiger partial charge in [-0.2, -0.15) is 4.98 Å². The highest BCUT2D eigenvalue weighted by Gasteiger charge is 2.21. The van der Waals surface area contributed by atoms with Gasteiger partial charge in [0, 0.05) is 25.0 Å². The van der Waals surface area contributed by atoms with E-state index in [1.807, 2.05) is 32.0 Å². The third-order valence-corrected chi connectivity index (χ3v) is 6.12. The zero-order valence-corrected chi connectivity index (χ0v) is 19.4. The number of rotatable bonds is 8. The monoisotopic (exact) mass is 464 g/mol.